The van der Waals surface area contributed by atoms with Crippen molar-refractivity contribution in [3.05, 3.63) is 76.5 Å². The molecule has 6 heteroatoms. The van der Waals surface area contributed by atoms with Gasteiger partial charge in [0.05, 0.1) is 0 Å². The van der Waals surface area contributed by atoms with Crippen LogP contribution in [-0.2, 0) is 12.8 Å². The Labute approximate surface area is 202 Å². The molecule has 3 aromatic rings. The summed E-state index contributed by atoms with van der Waals surface area (Å²) in [5.74, 6) is 7.23. The van der Waals surface area contributed by atoms with E-state index in [1.807, 2.05) is 33.0 Å². The van der Waals surface area contributed by atoms with Crippen molar-refractivity contribution in [2.24, 2.45) is 5.41 Å². The van der Waals surface area contributed by atoms with Gasteiger partial charge in [0.25, 0.3) is 0 Å². The number of amides is 1. The number of carbonyl (C=O) groups is 1. The van der Waals surface area contributed by atoms with Crippen LogP contribution in [-0.4, -0.2) is 43.7 Å². The van der Waals surface area contributed by atoms with Crippen LogP contribution in [0.1, 0.15) is 54.5 Å². The smallest absolute Gasteiger partial charge is 0.408 e. The Hall–Kier alpha value is -3.59. The Morgan fingerprint density at radius 3 is 2.38 bits per heavy atom. The first kappa shape index (κ1) is 25.0. The average Bonchev–Trinajstić information content (AvgIpc) is 3.09. The van der Waals surface area contributed by atoms with E-state index in [0.29, 0.717) is 0 Å². The quantitative estimate of drug-likeness (QED) is 0.523. The van der Waals surface area contributed by atoms with Gasteiger partial charge in [0.1, 0.15) is 11.9 Å². The minimum Gasteiger partial charge on any atom is -0.465 e. The van der Waals surface area contributed by atoms with Gasteiger partial charge >= 0.3 is 6.09 Å². The van der Waals surface area contributed by atoms with Crippen LogP contribution in [0.25, 0.3) is 5.82 Å². The SMILES string of the molecule is Cc1cc(CCc2cncc(C#CC(N(C)C(=O)O)C(C)(C)C)c2)nc(-n2c(C)ccc2C)c1. The molecule has 0 radical (unpaired) electrons. The van der Waals surface area contributed by atoms with Crippen LogP contribution in [0.15, 0.2) is 42.7 Å². The Kier molecular flexibility index (Phi) is 7.46. The number of aryl methyl sites for hydroxylation is 5. The van der Waals surface area contributed by atoms with Crippen molar-refractivity contribution < 1.29 is 9.90 Å². The van der Waals surface area contributed by atoms with Gasteiger partial charge in [0, 0.05) is 42.1 Å². The second-order valence-corrected chi connectivity index (χ2v) is 9.96. The molecule has 1 atom stereocenters. The minimum atomic E-state index is -0.989. The van der Waals surface area contributed by atoms with Gasteiger partial charge in [0.2, 0.25) is 0 Å². The second kappa shape index (κ2) is 10.1. The molecule has 0 aliphatic heterocycles. The molecule has 0 aliphatic carbocycles. The molecule has 0 bridgehead atoms. The van der Waals surface area contributed by atoms with Crippen LogP contribution in [0, 0.1) is 38.0 Å². The zero-order valence-electron chi connectivity index (χ0n) is 21.2. The molecule has 1 unspecified atom stereocenters. The van der Waals surface area contributed by atoms with E-state index in [-0.39, 0.29) is 5.41 Å². The van der Waals surface area contributed by atoms with Crippen LogP contribution in [0.2, 0.25) is 0 Å². The van der Waals surface area contributed by atoms with Crippen LogP contribution < -0.4 is 0 Å². The molecule has 0 spiro atoms. The van der Waals surface area contributed by atoms with E-state index in [1.54, 1.807) is 13.2 Å². The predicted molar refractivity (Wildman–Crippen MR) is 135 cm³/mol. The van der Waals surface area contributed by atoms with Gasteiger partial charge in [-0.15, -0.1) is 0 Å². The number of hydrogen-bond donors (Lipinski definition) is 1. The Bertz CT molecular complexity index is 1220. The Balaban J connectivity index is 1.79. The highest BCUT2D eigenvalue weighted by Crippen LogP contribution is 2.23. The van der Waals surface area contributed by atoms with Gasteiger partial charge < -0.3 is 9.67 Å². The van der Waals surface area contributed by atoms with Gasteiger partial charge in [0.15, 0.2) is 0 Å². The first-order valence-corrected chi connectivity index (χ1v) is 11.5. The lowest BCUT2D eigenvalue weighted by Gasteiger charge is -2.32. The fraction of sp³-hybridized carbons (Fsp3) is 0.393. The lowest BCUT2D eigenvalue weighted by atomic mass is 9.86. The van der Waals surface area contributed by atoms with Crippen molar-refractivity contribution in [2.75, 3.05) is 7.05 Å². The Morgan fingerprint density at radius 2 is 1.76 bits per heavy atom. The third kappa shape index (κ3) is 6.05. The normalized spacial score (nSPS) is 12.1. The fourth-order valence-electron chi connectivity index (χ4n) is 4.11. The van der Waals surface area contributed by atoms with E-state index in [1.165, 1.54) is 21.9 Å². The summed E-state index contributed by atoms with van der Waals surface area (Å²) in [4.78, 5) is 22.0. The monoisotopic (exact) mass is 458 g/mol. The number of hydrogen-bond acceptors (Lipinski definition) is 3. The molecule has 34 heavy (non-hydrogen) atoms. The highest BCUT2D eigenvalue weighted by atomic mass is 16.4. The highest BCUT2D eigenvalue weighted by Gasteiger charge is 2.29. The van der Waals surface area contributed by atoms with Gasteiger partial charge in [-0.3, -0.25) is 9.88 Å². The topological polar surface area (TPSA) is 71.2 Å². The van der Waals surface area contributed by atoms with E-state index in [4.69, 9.17) is 4.98 Å². The van der Waals surface area contributed by atoms with Crippen LogP contribution in [0.5, 0.6) is 0 Å². The number of aromatic nitrogens is 3. The van der Waals surface area contributed by atoms with Gasteiger partial charge in [-0.25, -0.2) is 9.78 Å². The largest absolute Gasteiger partial charge is 0.465 e. The average molecular weight is 459 g/mol. The molecule has 0 saturated carbocycles. The first-order valence-electron chi connectivity index (χ1n) is 11.5. The van der Waals surface area contributed by atoms with Crippen LogP contribution >= 0.6 is 0 Å². The second-order valence-electron chi connectivity index (χ2n) is 9.96. The summed E-state index contributed by atoms with van der Waals surface area (Å²) in [6.07, 6.45) is 4.17. The summed E-state index contributed by atoms with van der Waals surface area (Å²) < 4.78 is 2.17. The number of nitrogens with zero attached hydrogens (tertiary/aromatic N) is 4. The van der Waals surface area contributed by atoms with E-state index in [2.05, 4.69) is 66.4 Å². The summed E-state index contributed by atoms with van der Waals surface area (Å²) >= 11 is 0. The molecule has 3 heterocycles. The molecule has 178 valence electrons. The maximum atomic E-state index is 11.5. The van der Waals surface area contributed by atoms with Gasteiger partial charge in [-0.1, -0.05) is 32.6 Å². The standard InChI is InChI=1S/C28H34N4O2/c1-19-14-24(30-26(15-19)32-20(2)8-9-21(32)3)12-10-22-16-23(18-29-17-22)11-13-25(28(4,5)6)31(7)27(33)34/h8-9,14-18,25H,10,12H2,1-7H3,(H,33,34). The lowest BCUT2D eigenvalue weighted by molar-refractivity contribution is 0.121. The van der Waals surface area contributed by atoms with Crippen molar-refractivity contribution in [1.29, 1.82) is 0 Å². The zero-order chi connectivity index (χ0) is 25.0. The molecular formula is C28H34N4O2. The number of rotatable bonds is 5. The summed E-state index contributed by atoms with van der Waals surface area (Å²) in [5.41, 5.74) is 6.09. The molecule has 0 aliphatic rings. The molecule has 0 aromatic carbocycles. The minimum absolute atomic E-state index is 0.309. The lowest BCUT2D eigenvalue weighted by Crippen LogP contribution is -2.43. The van der Waals surface area contributed by atoms with E-state index >= 15 is 0 Å². The van der Waals surface area contributed by atoms with Crippen LogP contribution in [0.3, 0.4) is 0 Å². The first-order chi connectivity index (χ1) is 16.0. The summed E-state index contributed by atoms with van der Waals surface area (Å²) in [6, 6.07) is 10.1. The van der Waals surface area contributed by atoms with E-state index in [0.717, 1.165) is 35.5 Å². The van der Waals surface area contributed by atoms with Gasteiger partial charge in [-0.2, -0.15) is 0 Å². The number of carboxylic acid groups (broad SMARTS) is 1. The summed E-state index contributed by atoms with van der Waals surface area (Å²) in [6.45, 7) is 12.2. The maximum Gasteiger partial charge on any atom is 0.408 e. The molecule has 0 fully saturated rings. The molecular weight excluding hydrogens is 424 g/mol. The van der Waals surface area contributed by atoms with Crippen molar-refractivity contribution in [3.8, 4) is 17.7 Å². The van der Waals surface area contributed by atoms with Crippen LogP contribution in [0.4, 0.5) is 4.79 Å². The molecule has 6 nitrogen and oxygen atoms in total. The van der Waals surface area contributed by atoms with Crippen molar-refractivity contribution >= 4 is 6.09 Å². The van der Waals surface area contributed by atoms with Crippen molar-refractivity contribution in [1.82, 2.24) is 19.4 Å². The third-order valence-electron chi connectivity index (χ3n) is 5.84. The van der Waals surface area contributed by atoms with Gasteiger partial charge in [-0.05, 0) is 80.5 Å². The fourth-order valence-corrected chi connectivity index (χ4v) is 4.11. The summed E-state index contributed by atoms with van der Waals surface area (Å²) in [7, 11) is 1.56. The molecule has 3 aromatic heterocycles. The Morgan fingerprint density at radius 1 is 1.09 bits per heavy atom. The van der Waals surface area contributed by atoms with E-state index in [9.17, 15) is 9.90 Å². The molecule has 3 rings (SSSR count). The zero-order valence-corrected chi connectivity index (χ0v) is 21.2. The number of pyridine rings is 2. The predicted octanol–water partition coefficient (Wildman–Crippen LogP) is 5.35. The maximum absolute atomic E-state index is 11.5. The molecule has 1 amide bonds. The molecule has 0 saturated heterocycles. The highest BCUT2D eigenvalue weighted by molar-refractivity contribution is 5.66. The molecule has 1 N–H and O–H groups in total. The van der Waals surface area contributed by atoms with E-state index < -0.39 is 12.1 Å². The summed E-state index contributed by atoms with van der Waals surface area (Å²) in [5, 5.41) is 9.40. The third-order valence-corrected chi connectivity index (χ3v) is 5.84. The van der Waals surface area contributed by atoms with Crippen molar-refractivity contribution in [2.45, 2.75) is 60.4 Å². The van der Waals surface area contributed by atoms with Crippen molar-refractivity contribution in [3.63, 3.8) is 0 Å².